The lowest BCUT2D eigenvalue weighted by molar-refractivity contribution is 1.21. The van der Waals surface area contributed by atoms with E-state index >= 15 is 0 Å². The number of benzene rings is 1. The van der Waals surface area contributed by atoms with Gasteiger partial charge in [-0.05, 0) is 23.7 Å². The van der Waals surface area contributed by atoms with Gasteiger partial charge in [0.2, 0.25) is 0 Å². The molecule has 0 unspecified atom stereocenters. The summed E-state index contributed by atoms with van der Waals surface area (Å²) in [5.74, 6) is 2.18. The first-order valence-electron chi connectivity index (χ1n) is 4.52. The van der Waals surface area contributed by atoms with E-state index in [1.54, 1.807) is 18.1 Å². The van der Waals surface area contributed by atoms with E-state index in [1.807, 2.05) is 17.8 Å². The normalized spacial score (nSPS) is 10.4. The van der Waals surface area contributed by atoms with Gasteiger partial charge in [-0.1, -0.05) is 30.0 Å². The molecule has 0 N–H and O–H groups in total. The van der Waals surface area contributed by atoms with Crippen LogP contribution in [-0.2, 0) is 0 Å². The van der Waals surface area contributed by atoms with Gasteiger partial charge in [-0.25, -0.2) is 4.98 Å². The minimum Gasteiger partial charge on any atom is -0.216 e. The van der Waals surface area contributed by atoms with Gasteiger partial charge in [0.05, 0.1) is 0 Å². The van der Waals surface area contributed by atoms with E-state index in [0.29, 0.717) is 0 Å². The van der Waals surface area contributed by atoms with E-state index in [0.717, 1.165) is 15.8 Å². The second-order valence-corrected chi connectivity index (χ2v) is 6.01. The fraction of sp³-hybridized carbons (Fsp3) is 0.200. The van der Waals surface area contributed by atoms with Gasteiger partial charge in [-0.15, -0.1) is 11.8 Å². The van der Waals surface area contributed by atoms with Crippen molar-refractivity contribution < 1.29 is 0 Å². The van der Waals surface area contributed by atoms with Gasteiger partial charge >= 0.3 is 0 Å². The first kappa shape index (κ1) is 11.0. The Hall–Kier alpha value is -0.520. The van der Waals surface area contributed by atoms with Gasteiger partial charge in [0.25, 0.3) is 0 Å². The van der Waals surface area contributed by atoms with Gasteiger partial charge in [-0.2, -0.15) is 4.37 Å². The fourth-order valence-corrected chi connectivity index (χ4v) is 3.45. The van der Waals surface area contributed by atoms with Gasteiger partial charge < -0.3 is 0 Å². The van der Waals surface area contributed by atoms with Gasteiger partial charge in [0, 0.05) is 16.4 Å². The summed E-state index contributed by atoms with van der Waals surface area (Å²) < 4.78 is 5.02. The molecule has 0 fully saturated rings. The van der Waals surface area contributed by atoms with E-state index in [1.165, 1.54) is 16.4 Å². The highest BCUT2D eigenvalue weighted by Gasteiger charge is 1.97. The van der Waals surface area contributed by atoms with Crippen molar-refractivity contribution in [3.63, 3.8) is 0 Å². The SMILES string of the molecule is c1ccc(SCCSc2ncns2)cc1. The zero-order chi connectivity index (χ0) is 10.3. The summed E-state index contributed by atoms with van der Waals surface area (Å²) in [7, 11) is 0. The van der Waals surface area contributed by atoms with Crippen LogP contribution < -0.4 is 0 Å². The van der Waals surface area contributed by atoms with Crippen LogP contribution in [0.2, 0.25) is 0 Å². The maximum Gasteiger partial charge on any atom is 0.169 e. The second kappa shape index (κ2) is 6.15. The third kappa shape index (κ3) is 3.85. The zero-order valence-electron chi connectivity index (χ0n) is 8.00. The molecule has 0 saturated carbocycles. The van der Waals surface area contributed by atoms with Crippen LogP contribution in [0.5, 0.6) is 0 Å². The third-order valence-electron chi connectivity index (χ3n) is 1.66. The molecule has 1 heterocycles. The topological polar surface area (TPSA) is 25.8 Å². The molecular weight excluding hydrogens is 244 g/mol. The molecule has 2 rings (SSSR count). The van der Waals surface area contributed by atoms with Crippen molar-refractivity contribution in [2.24, 2.45) is 0 Å². The molecule has 0 aliphatic rings. The van der Waals surface area contributed by atoms with E-state index < -0.39 is 0 Å². The highest BCUT2D eigenvalue weighted by molar-refractivity contribution is 8.03. The number of thioether (sulfide) groups is 2. The number of aromatic nitrogens is 2. The molecule has 0 atom stereocenters. The van der Waals surface area contributed by atoms with Crippen LogP contribution in [0, 0.1) is 0 Å². The predicted octanol–water partition coefficient (Wildman–Crippen LogP) is 3.42. The molecule has 1 aromatic heterocycles. The average Bonchev–Trinajstić information content (AvgIpc) is 2.79. The molecule has 0 spiro atoms. The van der Waals surface area contributed by atoms with E-state index in [2.05, 4.69) is 33.6 Å². The molecule has 2 aromatic rings. The molecule has 0 amide bonds. The summed E-state index contributed by atoms with van der Waals surface area (Å²) in [5, 5.41) is 0. The van der Waals surface area contributed by atoms with Crippen LogP contribution in [-0.4, -0.2) is 20.9 Å². The molecule has 2 nitrogen and oxygen atoms in total. The average molecular weight is 254 g/mol. The summed E-state index contributed by atoms with van der Waals surface area (Å²) in [4.78, 5) is 5.45. The summed E-state index contributed by atoms with van der Waals surface area (Å²) >= 11 is 5.11. The largest absolute Gasteiger partial charge is 0.216 e. The van der Waals surface area contributed by atoms with Crippen LogP contribution in [0.15, 0.2) is 45.9 Å². The quantitative estimate of drug-likeness (QED) is 0.603. The van der Waals surface area contributed by atoms with E-state index in [9.17, 15) is 0 Å². The second-order valence-electron chi connectivity index (χ2n) is 2.72. The molecule has 0 bridgehead atoms. The first-order valence-corrected chi connectivity index (χ1v) is 7.27. The number of hydrogen-bond donors (Lipinski definition) is 0. The molecule has 78 valence electrons. The Balaban J connectivity index is 1.68. The maximum absolute atomic E-state index is 4.12. The van der Waals surface area contributed by atoms with Crippen LogP contribution in [0.4, 0.5) is 0 Å². The van der Waals surface area contributed by atoms with E-state index in [-0.39, 0.29) is 0 Å². The lowest BCUT2D eigenvalue weighted by atomic mass is 10.4. The Labute approximate surface area is 102 Å². The number of rotatable bonds is 5. The summed E-state index contributed by atoms with van der Waals surface area (Å²) in [6.45, 7) is 0. The molecule has 0 saturated heterocycles. The fourth-order valence-electron chi connectivity index (χ4n) is 1.03. The van der Waals surface area contributed by atoms with Crippen molar-refractivity contribution in [3.8, 4) is 0 Å². The monoisotopic (exact) mass is 254 g/mol. The van der Waals surface area contributed by atoms with Crippen molar-refractivity contribution in [2.45, 2.75) is 9.24 Å². The van der Waals surface area contributed by atoms with Crippen molar-refractivity contribution >= 4 is 35.1 Å². The minimum atomic E-state index is 1.06. The van der Waals surface area contributed by atoms with Crippen molar-refractivity contribution in [2.75, 3.05) is 11.5 Å². The standard InChI is InChI=1S/C10H10N2S3/c1-2-4-9(5-3-1)13-6-7-14-10-11-8-12-15-10/h1-5,8H,6-7H2. The molecule has 1 aromatic carbocycles. The summed E-state index contributed by atoms with van der Waals surface area (Å²) in [6.07, 6.45) is 1.61. The highest BCUT2D eigenvalue weighted by Crippen LogP contribution is 2.22. The number of hydrogen-bond acceptors (Lipinski definition) is 5. The lowest BCUT2D eigenvalue weighted by Gasteiger charge is -1.99. The Bertz CT molecular complexity index is 375. The smallest absolute Gasteiger partial charge is 0.169 e. The molecule has 0 aliphatic carbocycles. The van der Waals surface area contributed by atoms with Crippen LogP contribution in [0.25, 0.3) is 0 Å². The maximum atomic E-state index is 4.12. The third-order valence-corrected chi connectivity index (χ3v) is 4.73. The highest BCUT2D eigenvalue weighted by atomic mass is 32.2. The Kier molecular flexibility index (Phi) is 4.50. The Morgan fingerprint density at radius 3 is 2.60 bits per heavy atom. The van der Waals surface area contributed by atoms with Gasteiger partial charge in [0.15, 0.2) is 4.34 Å². The molecule has 15 heavy (non-hydrogen) atoms. The Morgan fingerprint density at radius 2 is 1.87 bits per heavy atom. The number of nitrogens with zero attached hydrogens (tertiary/aromatic N) is 2. The van der Waals surface area contributed by atoms with Crippen molar-refractivity contribution in [1.82, 2.24) is 9.36 Å². The van der Waals surface area contributed by atoms with Crippen molar-refractivity contribution in [3.05, 3.63) is 36.7 Å². The van der Waals surface area contributed by atoms with Crippen LogP contribution in [0.3, 0.4) is 0 Å². The van der Waals surface area contributed by atoms with Gasteiger partial charge in [0.1, 0.15) is 6.33 Å². The van der Waals surface area contributed by atoms with Crippen LogP contribution in [0.1, 0.15) is 0 Å². The lowest BCUT2D eigenvalue weighted by Crippen LogP contribution is -1.83. The first-order chi connectivity index (χ1) is 7.45. The molecule has 0 aliphatic heterocycles. The summed E-state index contributed by atoms with van der Waals surface area (Å²) in [6, 6.07) is 10.5. The minimum absolute atomic E-state index is 1.06. The van der Waals surface area contributed by atoms with E-state index in [4.69, 9.17) is 0 Å². The molecule has 5 heteroatoms. The zero-order valence-corrected chi connectivity index (χ0v) is 10.4. The Morgan fingerprint density at radius 1 is 1.07 bits per heavy atom. The molecular formula is C10H10N2S3. The predicted molar refractivity (Wildman–Crippen MR) is 67.8 cm³/mol. The van der Waals surface area contributed by atoms with Gasteiger partial charge in [-0.3, -0.25) is 0 Å². The van der Waals surface area contributed by atoms with Crippen molar-refractivity contribution in [1.29, 1.82) is 0 Å². The summed E-state index contributed by atoms with van der Waals surface area (Å²) in [5.41, 5.74) is 0. The van der Waals surface area contributed by atoms with Crippen LogP contribution >= 0.6 is 35.1 Å². The molecule has 0 radical (unpaired) electrons.